The van der Waals surface area contributed by atoms with Gasteiger partial charge in [0.05, 0.1) is 0 Å². The molecule has 0 bridgehead atoms. The second-order valence-corrected chi connectivity index (χ2v) is 2.39. The minimum atomic E-state index is -5.13. The molecule has 0 aliphatic rings. The Morgan fingerprint density at radius 3 is 2.23 bits per heavy atom. The van der Waals surface area contributed by atoms with E-state index in [2.05, 4.69) is 4.98 Å². The van der Waals surface area contributed by atoms with Crippen LogP contribution in [0.15, 0.2) is 12.3 Å². The third-order valence-electron chi connectivity index (χ3n) is 1.54. The first kappa shape index (κ1) is 13.6. The van der Waals surface area contributed by atoms with E-state index in [1.807, 2.05) is 0 Å². The fourth-order valence-electron chi connectivity index (χ4n) is 0.879. The van der Waals surface area contributed by atoms with Crippen LogP contribution in [-0.2, 0) is 0 Å². The molecule has 1 nitrogen and oxygen atoms in total. The Kier molecular flexibility index (Phi) is 5.09. The first-order valence-electron chi connectivity index (χ1n) is 3.24. The van der Waals surface area contributed by atoms with Crippen LogP contribution < -0.4 is 56.8 Å². The first-order valence-corrected chi connectivity index (χ1v) is 3.24. The smallest absolute Gasteiger partial charge is 0.445 e. The van der Waals surface area contributed by atoms with Crippen molar-refractivity contribution in [2.45, 2.75) is 6.92 Å². The van der Waals surface area contributed by atoms with Crippen molar-refractivity contribution in [1.29, 1.82) is 0 Å². The zero-order valence-electron chi connectivity index (χ0n) is 7.19. The molecule has 1 heterocycles. The summed E-state index contributed by atoms with van der Waals surface area (Å²) in [5, 5.41) is 0. The summed E-state index contributed by atoms with van der Waals surface area (Å²) < 4.78 is 48.8. The summed E-state index contributed by atoms with van der Waals surface area (Å²) in [6.07, 6.45) is 0.812. The minimum absolute atomic E-state index is 0. The summed E-state index contributed by atoms with van der Waals surface area (Å²) in [5.74, 6) is -1.06. The standard InChI is InChI=1S/C6H5BF4N.K/c1-4-5(7(9,10)11)2-3-12-6(4)8;/h2-3H,1H3;/q-1;+1. The SMILES string of the molecule is Cc1c([B-](F)(F)F)ccnc1F.[K+]. The van der Waals surface area contributed by atoms with Crippen molar-refractivity contribution in [2.75, 3.05) is 0 Å². The van der Waals surface area contributed by atoms with E-state index in [-0.39, 0.29) is 51.4 Å². The molecule has 0 aliphatic heterocycles. The molecule has 0 fully saturated rings. The number of hydrogen-bond acceptors (Lipinski definition) is 1. The molecular formula is C6H5BF4KN. The summed E-state index contributed by atoms with van der Waals surface area (Å²) in [7, 11) is 0. The van der Waals surface area contributed by atoms with Gasteiger partial charge in [0.2, 0.25) is 5.95 Å². The largest absolute Gasteiger partial charge is 1.00 e. The molecule has 1 rings (SSSR count). The summed E-state index contributed by atoms with van der Waals surface area (Å²) in [6.45, 7) is -4.07. The number of halogens is 4. The average Bonchev–Trinajstić information content (AvgIpc) is 1.92. The van der Waals surface area contributed by atoms with Crippen molar-refractivity contribution in [1.82, 2.24) is 4.98 Å². The molecule has 66 valence electrons. The van der Waals surface area contributed by atoms with Crippen LogP contribution in [0.5, 0.6) is 0 Å². The van der Waals surface area contributed by atoms with Crippen LogP contribution >= 0.6 is 0 Å². The van der Waals surface area contributed by atoms with Gasteiger partial charge < -0.3 is 12.9 Å². The Bertz CT molecular complexity index is 301. The predicted molar refractivity (Wildman–Crippen MR) is 37.6 cm³/mol. The Morgan fingerprint density at radius 1 is 1.31 bits per heavy atom. The maximum Gasteiger partial charge on any atom is 1.00 e. The Morgan fingerprint density at radius 2 is 1.85 bits per heavy atom. The van der Waals surface area contributed by atoms with E-state index >= 15 is 0 Å². The minimum Gasteiger partial charge on any atom is -0.445 e. The Hall–Kier alpha value is 0.571. The Balaban J connectivity index is 0.00000144. The van der Waals surface area contributed by atoms with Gasteiger partial charge in [-0.2, -0.15) is 4.39 Å². The molecule has 0 saturated heterocycles. The van der Waals surface area contributed by atoms with Crippen LogP contribution in [0.25, 0.3) is 0 Å². The van der Waals surface area contributed by atoms with Crippen molar-refractivity contribution in [3.05, 3.63) is 23.8 Å². The van der Waals surface area contributed by atoms with Crippen LogP contribution in [0.4, 0.5) is 17.3 Å². The Labute approximate surface area is 115 Å². The molecule has 0 radical (unpaired) electrons. The molecule has 0 atom stereocenters. The maximum atomic E-state index is 12.5. The zero-order valence-corrected chi connectivity index (χ0v) is 10.3. The molecule has 0 N–H and O–H groups in total. The van der Waals surface area contributed by atoms with Crippen LogP contribution in [0, 0.1) is 12.9 Å². The zero-order chi connectivity index (χ0) is 9.35. The van der Waals surface area contributed by atoms with Crippen LogP contribution in [-0.4, -0.2) is 12.0 Å². The molecule has 0 saturated carbocycles. The fourth-order valence-corrected chi connectivity index (χ4v) is 0.879. The summed E-state index contributed by atoms with van der Waals surface area (Å²) >= 11 is 0. The van der Waals surface area contributed by atoms with Gasteiger partial charge in [-0.3, -0.25) is 0 Å². The van der Waals surface area contributed by atoms with E-state index in [0.717, 1.165) is 19.2 Å². The monoisotopic (exact) mass is 217 g/mol. The molecule has 13 heavy (non-hydrogen) atoms. The molecule has 0 amide bonds. The molecule has 0 spiro atoms. The van der Waals surface area contributed by atoms with Crippen molar-refractivity contribution < 1.29 is 68.7 Å². The second kappa shape index (κ2) is 4.88. The van der Waals surface area contributed by atoms with Gasteiger partial charge in [-0.1, -0.05) is 11.5 Å². The maximum absolute atomic E-state index is 12.5. The van der Waals surface area contributed by atoms with E-state index in [0.29, 0.717) is 0 Å². The normalized spacial score (nSPS) is 10.8. The summed E-state index contributed by atoms with van der Waals surface area (Å²) in [5.41, 5.74) is -1.35. The van der Waals surface area contributed by atoms with Gasteiger partial charge >= 0.3 is 58.4 Å². The van der Waals surface area contributed by atoms with E-state index in [1.54, 1.807) is 0 Å². The van der Waals surface area contributed by atoms with Gasteiger partial charge in [-0.25, -0.2) is 4.98 Å². The average molecular weight is 217 g/mol. The van der Waals surface area contributed by atoms with Gasteiger partial charge in [0.1, 0.15) is 0 Å². The van der Waals surface area contributed by atoms with Crippen molar-refractivity contribution in [3.8, 4) is 0 Å². The van der Waals surface area contributed by atoms with Crippen molar-refractivity contribution in [2.24, 2.45) is 0 Å². The van der Waals surface area contributed by atoms with E-state index in [4.69, 9.17) is 0 Å². The summed E-state index contributed by atoms with van der Waals surface area (Å²) in [6, 6.07) is 0.776. The van der Waals surface area contributed by atoms with Gasteiger partial charge in [0.15, 0.2) is 0 Å². The molecule has 0 unspecified atom stereocenters. The number of nitrogens with zero attached hydrogens (tertiary/aromatic N) is 1. The van der Waals surface area contributed by atoms with E-state index < -0.39 is 24.0 Å². The van der Waals surface area contributed by atoms with Gasteiger partial charge in [0, 0.05) is 6.20 Å². The predicted octanol–water partition coefficient (Wildman–Crippen LogP) is -1.41. The topological polar surface area (TPSA) is 12.9 Å². The number of pyridine rings is 1. The molecule has 1 aromatic rings. The third kappa shape index (κ3) is 3.32. The molecule has 0 aliphatic carbocycles. The van der Waals surface area contributed by atoms with Gasteiger partial charge in [-0.15, -0.1) is 0 Å². The summed E-state index contributed by atoms with van der Waals surface area (Å²) in [4.78, 5) is 3.10. The molecule has 1 aromatic heterocycles. The number of aromatic nitrogens is 1. The quantitative estimate of drug-likeness (QED) is 0.320. The van der Waals surface area contributed by atoms with Crippen molar-refractivity contribution >= 4 is 12.4 Å². The van der Waals surface area contributed by atoms with Gasteiger partial charge in [0.25, 0.3) is 0 Å². The van der Waals surface area contributed by atoms with Crippen LogP contribution in [0.1, 0.15) is 5.56 Å². The first-order chi connectivity index (χ1) is 5.43. The van der Waals surface area contributed by atoms with Crippen LogP contribution in [0.3, 0.4) is 0 Å². The number of hydrogen-bond donors (Lipinski definition) is 0. The third-order valence-corrected chi connectivity index (χ3v) is 1.54. The van der Waals surface area contributed by atoms with Gasteiger partial charge in [-0.05, 0) is 12.5 Å². The van der Waals surface area contributed by atoms with Crippen LogP contribution in [0.2, 0.25) is 0 Å². The van der Waals surface area contributed by atoms with E-state index in [1.165, 1.54) is 0 Å². The van der Waals surface area contributed by atoms with E-state index in [9.17, 15) is 17.3 Å². The fraction of sp³-hybridized carbons (Fsp3) is 0.167. The second-order valence-electron chi connectivity index (χ2n) is 2.39. The van der Waals surface area contributed by atoms with Crippen molar-refractivity contribution in [3.63, 3.8) is 0 Å². The molecule has 0 aromatic carbocycles. The molecular weight excluding hydrogens is 212 g/mol. The molecule has 7 heteroatoms. The number of rotatable bonds is 1.